The zero-order valence-electron chi connectivity index (χ0n) is 19.7. The summed E-state index contributed by atoms with van der Waals surface area (Å²) in [5.41, 5.74) is 1.32. The van der Waals surface area contributed by atoms with Crippen LogP contribution in [0.4, 0.5) is 13.6 Å². The highest BCUT2D eigenvalue weighted by Crippen LogP contribution is 2.31. The normalized spacial score (nSPS) is 13.9. The third-order valence-electron chi connectivity index (χ3n) is 5.38. The first kappa shape index (κ1) is 28.5. The van der Waals surface area contributed by atoms with E-state index < -0.39 is 51.3 Å². The first-order valence-electron chi connectivity index (χ1n) is 11.0. The molecular weight excluding hydrogens is 538 g/mol. The van der Waals surface area contributed by atoms with Crippen LogP contribution in [0.2, 0.25) is 5.02 Å². The van der Waals surface area contributed by atoms with Crippen molar-refractivity contribution in [2.24, 2.45) is 0 Å². The molecule has 0 aromatic heterocycles. The maximum atomic E-state index is 14.8. The molecule has 2 aromatic carbocycles. The Morgan fingerprint density at radius 2 is 1.73 bits per heavy atom. The van der Waals surface area contributed by atoms with Crippen LogP contribution in [0.5, 0.6) is 11.5 Å². The van der Waals surface area contributed by atoms with E-state index in [9.17, 15) is 26.8 Å². The summed E-state index contributed by atoms with van der Waals surface area (Å²) in [6, 6.07) is 6.35. The van der Waals surface area contributed by atoms with Crippen molar-refractivity contribution in [3.63, 3.8) is 0 Å². The van der Waals surface area contributed by atoms with Crippen molar-refractivity contribution >= 4 is 33.6 Å². The Kier molecular flexibility index (Phi) is 9.62. The van der Waals surface area contributed by atoms with Crippen molar-refractivity contribution in [2.75, 3.05) is 53.0 Å². The fourth-order valence-corrected chi connectivity index (χ4v) is 4.92. The van der Waals surface area contributed by atoms with Gasteiger partial charge >= 0.3 is 6.03 Å². The van der Waals surface area contributed by atoms with Crippen LogP contribution in [0.1, 0.15) is 0 Å². The van der Waals surface area contributed by atoms with Crippen molar-refractivity contribution in [1.82, 2.24) is 19.6 Å². The number of halogens is 3. The van der Waals surface area contributed by atoms with Crippen LogP contribution in [0, 0.1) is 11.6 Å². The topological polar surface area (TPSA) is 129 Å². The van der Waals surface area contributed by atoms with Gasteiger partial charge in [-0.25, -0.2) is 27.5 Å². The van der Waals surface area contributed by atoms with Crippen LogP contribution < -0.4 is 10.2 Å². The van der Waals surface area contributed by atoms with E-state index in [0.29, 0.717) is 47.8 Å². The Morgan fingerprint density at radius 3 is 2.30 bits per heavy atom. The van der Waals surface area contributed by atoms with Crippen LogP contribution >= 0.6 is 11.6 Å². The molecule has 0 radical (unpaired) electrons. The minimum absolute atomic E-state index is 0.0621. The van der Waals surface area contributed by atoms with Gasteiger partial charge in [-0.05, 0) is 36.4 Å². The summed E-state index contributed by atoms with van der Waals surface area (Å²) < 4.78 is 67.0. The van der Waals surface area contributed by atoms with Gasteiger partial charge < -0.3 is 19.3 Å². The molecule has 1 fully saturated rings. The molecule has 0 bridgehead atoms. The first-order valence-corrected chi connectivity index (χ1v) is 12.8. The van der Waals surface area contributed by atoms with E-state index in [4.69, 9.17) is 26.3 Å². The summed E-state index contributed by atoms with van der Waals surface area (Å²) in [5, 5.41) is 9.26. The highest BCUT2D eigenvalue weighted by Gasteiger charge is 2.30. The Balaban J connectivity index is 1.81. The van der Waals surface area contributed by atoms with Gasteiger partial charge in [0.2, 0.25) is 10.0 Å². The summed E-state index contributed by atoms with van der Waals surface area (Å²) in [6.07, 6.45) is 0. The lowest BCUT2D eigenvalue weighted by atomic mass is 10.3. The van der Waals surface area contributed by atoms with Crippen molar-refractivity contribution in [1.29, 1.82) is 0 Å². The average Bonchev–Trinajstić information content (AvgIpc) is 2.89. The molecule has 1 saturated heterocycles. The Hall–Kier alpha value is -3.04. The monoisotopic (exact) mass is 562 g/mol. The van der Waals surface area contributed by atoms with Gasteiger partial charge in [0.05, 0.1) is 24.7 Å². The fraction of sp³-hybridized carbons (Fsp3) is 0.364. The van der Waals surface area contributed by atoms with E-state index in [0.717, 1.165) is 0 Å². The van der Waals surface area contributed by atoms with E-state index in [-0.39, 0.29) is 18.3 Å². The molecular formula is C22H25ClF2N4O7S. The van der Waals surface area contributed by atoms with Crippen molar-refractivity contribution in [3.05, 3.63) is 53.1 Å². The van der Waals surface area contributed by atoms with Gasteiger partial charge in [-0.1, -0.05) is 11.6 Å². The predicted molar refractivity (Wildman–Crippen MR) is 127 cm³/mol. The number of hydrogen-bond acceptors (Lipinski definition) is 7. The zero-order valence-corrected chi connectivity index (χ0v) is 21.3. The second-order valence-electron chi connectivity index (χ2n) is 7.95. The van der Waals surface area contributed by atoms with Gasteiger partial charge in [-0.2, -0.15) is 4.31 Å². The van der Waals surface area contributed by atoms with Gasteiger partial charge in [-0.3, -0.25) is 10.0 Å². The minimum atomic E-state index is -4.66. The lowest BCUT2D eigenvalue weighted by Gasteiger charge is -2.32. The Bertz CT molecular complexity index is 1210. The molecule has 0 unspecified atom stereocenters. The van der Waals surface area contributed by atoms with Gasteiger partial charge in [0.1, 0.15) is 5.75 Å². The van der Waals surface area contributed by atoms with E-state index >= 15 is 0 Å². The smallest absolute Gasteiger partial charge is 0.319 e. The molecule has 15 heteroatoms. The second-order valence-corrected chi connectivity index (χ2v) is 10.3. The van der Waals surface area contributed by atoms with Crippen LogP contribution in [0.15, 0.2) is 41.3 Å². The number of hydrogen-bond donors (Lipinski definition) is 2. The van der Waals surface area contributed by atoms with Crippen LogP contribution in [-0.4, -0.2) is 92.7 Å². The molecule has 0 atom stereocenters. The number of rotatable bonds is 9. The molecule has 2 N–H and O–H groups in total. The zero-order chi connectivity index (χ0) is 27.2. The SMILES string of the molecule is CN(CCN(CC(=O)NO)S(=O)(=O)c1cc(F)c(Oc2ccc(Cl)cc2)c(F)c1)C(=O)N1CCOCC1. The minimum Gasteiger partial charge on any atom is -0.451 e. The Labute approximate surface area is 217 Å². The maximum absolute atomic E-state index is 14.8. The number of nitrogens with zero attached hydrogens (tertiary/aromatic N) is 3. The van der Waals surface area contributed by atoms with Gasteiger partial charge in [-0.15, -0.1) is 0 Å². The van der Waals surface area contributed by atoms with Crippen molar-refractivity contribution in [2.45, 2.75) is 4.90 Å². The fourth-order valence-electron chi connectivity index (χ4n) is 3.39. The van der Waals surface area contributed by atoms with E-state index in [2.05, 4.69) is 0 Å². The second kappa shape index (κ2) is 12.5. The van der Waals surface area contributed by atoms with Crippen LogP contribution in [0.25, 0.3) is 0 Å². The molecule has 0 saturated carbocycles. The molecule has 3 amide bonds. The number of hydroxylamine groups is 1. The molecule has 2 aromatic rings. The van der Waals surface area contributed by atoms with E-state index in [1.54, 1.807) is 0 Å². The lowest BCUT2D eigenvalue weighted by Crippen LogP contribution is -2.49. The van der Waals surface area contributed by atoms with Crippen molar-refractivity contribution in [3.8, 4) is 11.5 Å². The third-order valence-corrected chi connectivity index (χ3v) is 7.46. The molecule has 11 nitrogen and oxygen atoms in total. The van der Waals surface area contributed by atoms with E-state index in [1.807, 2.05) is 0 Å². The lowest BCUT2D eigenvalue weighted by molar-refractivity contribution is -0.129. The van der Waals surface area contributed by atoms with Gasteiger partial charge in [0.25, 0.3) is 5.91 Å². The van der Waals surface area contributed by atoms with Crippen LogP contribution in [-0.2, 0) is 19.6 Å². The number of morpholine rings is 1. The molecule has 3 rings (SSSR count). The largest absolute Gasteiger partial charge is 0.451 e. The molecule has 1 aliphatic heterocycles. The van der Waals surface area contributed by atoms with Gasteiger partial charge in [0.15, 0.2) is 17.4 Å². The predicted octanol–water partition coefficient (Wildman–Crippen LogP) is 2.29. The summed E-state index contributed by atoms with van der Waals surface area (Å²) in [5.74, 6) is -4.47. The molecule has 1 heterocycles. The standard InChI is InChI=1S/C22H25ClF2N4O7S/c1-27(22(31)28-8-10-35-11-9-28)6-7-29(14-20(30)26-32)37(33,34)17-12-18(24)21(19(25)13-17)36-16-4-2-15(23)3-5-16/h2-5,12-13,32H,6-11,14H2,1H3,(H,26,30). The van der Waals surface area contributed by atoms with Crippen molar-refractivity contribution < 1.29 is 41.5 Å². The summed E-state index contributed by atoms with van der Waals surface area (Å²) in [6.45, 7) is 0.0234. The number of carbonyl (C=O) groups is 2. The number of likely N-dealkylation sites (N-methyl/N-ethyl adjacent to an activating group) is 1. The number of amides is 3. The first-order chi connectivity index (χ1) is 17.5. The van der Waals surface area contributed by atoms with E-state index in [1.165, 1.54) is 46.6 Å². The van der Waals surface area contributed by atoms with Crippen LogP contribution in [0.3, 0.4) is 0 Å². The number of ether oxygens (including phenoxy) is 2. The maximum Gasteiger partial charge on any atom is 0.319 e. The number of benzene rings is 2. The number of carbonyl (C=O) groups excluding carboxylic acids is 2. The quantitative estimate of drug-likeness (QED) is 0.354. The highest BCUT2D eigenvalue weighted by molar-refractivity contribution is 7.89. The number of urea groups is 1. The molecule has 37 heavy (non-hydrogen) atoms. The summed E-state index contributed by atoms with van der Waals surface area (Å²) in [7, 11) is -3.21. The molecule has 202 valence electrons. The Morgan fingerprint density at radius 1 is 1.14 bits per heavy atom. The molecule has 0 aliphatic carbocycles. The summed E-state index contributed by atoms with van der Waals surface area (Å²) >= 11 is 5.78. The highest BCUT2D eigenvalue weighted by atomic mass is 35.5. The number of sulfonamides is 1. The molecule has 1 aliphatic rings. The van der Waals surface area contributed by atoms with Gasteiger partial charge in [0, 0.05) is 38.2 Å². The molecule has 0 spiro atoms. The summed E-state index contributed by atoms with van der Waals surface area (Å²) in [4.78, 5) is 26.4. The average molecular weight is 563 g/mol. The third kappa shape index (κ3) is 7.26. The number of nitrogens with one attached hydrogen (secondary N) is 1.